The van der Waals surface area contributed by atoms with E-state index in [0.717, 1.165) is 31.9 Å². The summed E-state index contributed by atoms with van der Waals surface area (Å²) >= 11 is 0. The summed E-state index contributed by atoms with van der Waals surface area (Å²) in [5, 5.41) is 2.96. The molecule has 1 N–H and O–H groups in total. The van der Waals surface area contributed by atoms with Gasteiger partial charge in [0.05, 0.1) is 12.6 Å². The van der Waals surface area contributed by atoms with Gasteiger partial charge in [0.25, 0.3) is 11.8 Å². The summed E-state index contributed by atoms with van der Waals surface area (Å²) in [6.45, 7) is 8.27. The number of nitrogens with zero attached hydrogens (tertiary/aromatic N) is 4. The van der Waals surface area contributed by atoms with E-state index in [1.807, 2.05) is 32.0 Å². The summed E-state index contributed by atoms with van der Waals surface area (Å²) in [5.74, 6) is -0.732. The van der Waals surface area contributed by atoms with E-state index in [2.05, 4.69) is 22.2 Å². The predicted octanol–water partition coefficient (Wildman–Crippen LogP) is 2.28. The number of piperazine rings is 1. The number of anilines is 1. The number of likely N-dealkylation sites (tertiary alicyclic amines) is 2. The summed E-state index contributed by atoms with van der Waals surface area (Å²) in [6, 6.07) is 14.7. The van der Waals surface area contributed by atoms with E-state index in [1.165, 1.54) is 0 Å². The van der Waals surface area contributed by atoms with E-state index in [-0.39, 0.29) is 42.0 Å². The predicted molar refractivity (Wildman–Crippen MR) is 153 cm³/mol. The Balaban J connectivity index is 1.27. The number of hydrogen-bond donors (Lipinski definition) is 1. The third-order valence-electron chi connectivity index (χ3n) is 8.30. The normalized spacial score (nSPS) is 22.0. The molecule has 3 saturated heterocycles. The van der Waals surface area contributed by atoms with Crippen molar-refractivity contribution in [1.82, 2.24) is 20.0 Å². The van der Waals surface area contributed by atoms with Gasteiger partial charge < -0.3 is 24.9 Å². The first-order chi connectivity index (χ1) is 19.2. The van der Waals surface area contributed by atoms with Crippen LogP contribution < -0.4 is 10.2 Å². The first-order valence-corrected chi connectivity index (χ1v) is 14.3. The number of benzene rings is 2. The summed E-state index contributed by atoms with van der Waals surface area (Å²) < 4.78 is 0. The van der Waals surface area contributed by atoms with E-state index in [0.29, 0.717) is 30.5 Å². The highest BCUT2D eigenvalue weighted by atomic mass is 16.2. The molecule has 3 unspecified atom stereocenters. The maximum Gasteiger partial charge on any atom is 0.254 e. The lowest BCUT2D eigenvalue weighted by Crippen LogP contribution is -2.53. The van der Waals surface area contributed by atoms with E-state index >= 15 is 0 Å². The van der Waals surface area contributed by atoms with Crippen molar-refractivity contribution in [2.45, 2.75) is 44.8 Å². The molecule has 0 radical (unpaired) electrons. The van der Waals surface area contributed by atoms with Gasteiger partial charge in [-0.3, -0.25) is 19.2 Å². The summed E-state index contributed by atoms with van der Waals surface area (Å²) in [4.78, 5) is 61.1. The van der Waals surface area contributed by atoms with Crippen LogP contribution in [0.1, 0.15) is 47.4 Å². The molecule has 2 aromatic carbocycles. The SMILES string of the molecule is CC(C)CC(NC(=O)c1ccc(N2CCN(C)CC2)cc1)C(=O)N1CCC2C1C(=O)CN2C(=O)c1ccccc1. The fourth-order valence-electron chi connectivity index (χ4n) is 6.11. The number of Topliss-reactive ketones (excluding diaryl/α,β-unsaturated/α-hetero) is 1. The summed E-state index contributed by atoms with van der Waals surface area (Å²) in [6.07, 6.45) is 0.996. The number of carbonyl (C=O) groups excluding carboxylic acids is 4. The van der Waals surface area contributed by atoms with Crippen LogP contribution in [0.5, 0.6) is 0 Å². The number of fused-ring (bicyclic) bond motifs is 1. The van der Waals surface area contributed by atoms with Gasteiger partial charge >= 0.3 is 0 Å². The molecule has 3 fully saturated rings. The molecular formula is C31H39N5O4. The number of amides is 3. The van der Waals surface area contributed by atoms with Gasteiger partial charge in [-0.2, -0.15) is 0 Å². The van der Waals surface area contributed by atoms with Crippen LogP contribution in [0, 0.1) is 5.92 Å². The van der Waals surface area contributed by atoms with Gasteiger partial charge in [-0.05, 0) is 62.2 Å². The second-order valence-corrected chi connectivity index (χ2v) is 11.6. The van der Waals surface area contributed by atoms with Crippen molar-refractivity contribution in [3.8, 4) is 0 Å². The van der Waals surface area contributed by atoms with Crippen molar-refractivity contribution in [2.75, 3.05) is 51.2 Å². The van der Waals surface area contributed by atoms with Gasteiger partial charge in [-0.25, -0.2) is 0 Å². The lowest BCUT2D eigenvalue weighted by molar-refractivity contribution is -0.138. The number of ketones is 1. The van der Waals surface area contributed by atoms with E-state index in [4.69, 9.17) is 0 Å². The Morgan fingerprint density at radius 2 is 1.55 bits per heavy atom. The first-order valence-electron chi connectivity index (χ1n) is 14.3. The first kappa shape index (κ1) is 27.8. The quantitative estimate of drug-likeness (QED) is 0.574. The van der Waals surface area contributed by atoms with Gasteiger partial charge in [-0.1, -0.05) is 32.0 Å². The Labute approximate surface area is 236 Å². The molecule has 212 valence electrons. The number of hydrogen-bond acceptors (Lipinski definition) is 6. The van der Waals surface area contributed by atoms with Crippen molar-refractivity contribution in [1.29, 1.82) is 0 Å². The zero-order chi connectivity index (χ0) is 28.4. The zero-order valence-electron chi connectivity index (χ0n) is 23.6. The monoisotopic (exact) mass is 545 g/mol. The van der Waals surface area contributed by atoms with Crippen molar-refractivity contribution >= 4 is 29.2 Å². The van der Waals surface area contributed by atoms with Gasteiger partial charge in [0.2, 0.25) is 5.91 Å². The summed E-state index contributed by atoms with van der Waals surface area (Å²) in [7, 11) is 2.12. The Morgan fingerprint density at radius 3 is 2.20 bits per heavy atom. The van der Waals surface area contributed by atoms with Crippen LogP contribution in [0.4, 0.5) is 5.69 Å². The lowest BCUT2D eigenvalue weighted by Gasteiger charge is -2.34. The fourth-order valence-corrected chi connectivity index (χ4v) is 6.11. The Bertz CT molecular complexity index is 1240. The average Bonchev–Trinajstić information content (AvgIpc) is 3.54. The molecule has 0 spiro atoms. The molecule has 2 aromatic rings. The van der Waals surface area contributed by atoms with E-state index < -0.39 is 12.1 Å². The molecule has 0 aromatic heterocycles. The molecule has 3 heterocycles. The lowest BCUT2D eigenvalue weighted by atomic mass is 10.0. The minimum absolute atomic E-state index is 0.00625. The zero-order valence-corrected chi connectivity index (χ0v) is 23.6. The highest BCUT2D eigenvalue weighted by molar-refractivity contribution is 6.03. The number of likely N-dealkylation sites (N-methyl/N-ethyl adjacent to an activating group) is 1. The van der Waals surface area contributed by atoms with Crippen molar-refractivity contribution in [2.24, 2.45) is 5.92 Å². The van der Waals surface area contributed by atoms with Crippen LogP contribution in [0.3, 0.4) is 0 Å². The highest BCUT2D eigenvalue weighted by Gasteiger charge is 2.52. The minimum atomic E-state index is -0.754. The second-order valence-electron chi connectivity index (χ2n) is 11.6. The van der Waals surface area contributed by atoms with Crippen molar-refractivity contribution < 1.29 is 19.2 Å². The third-order valence-corrected chi connectivity index (χ3v) is 8.30. The number of nitrogens with one attached hydrogen (secondary N) is 1. The van der Waals surface area contributed by atoms with Crippen LogP contribution >= 0.6 is 0 Å². The minimum Gasteiger partial charge on any atom is -0.369 e. The molecule has 0 saturated carbocycles. The highest BCUT2D eigenvalue weighted by Crippen LogP contribution is 2.32. The van der Waals surface area contributed by atoms with Crippen LogP contribution in [-0.2, 0) is 9.59 Å². The number of rotatable bonds is 7. The Morgan fingerprint density at radius 1 is 0.875 bits per heavy atom. The molecule has 3 atom stereocenters. The van der Waals surface area contributed by atoms with Gasteiger partial charge in [0, 0.05) is 49.5 Å². The molecule has 5 rings (SSSR count). The molecule has 3 aliphatic rings. The van der Waals surface area contributed by atoms with E-state index in [1.54, 1.807) is 46.2 Å². The van der Waals surface area contributed by atoms with Crippen molar-refractivity contribution in [3.05, 3.63) is 65.7 Å². The molecule has 40 heavy (non-hydrogen) atoms. The third kappa shape index (κ3) is 5.75. The molecule has 9 heteroatoms. The molecule has 0 bridgehead atoms. The average molecular weight is 546 g/mol. The second kappa shape index (κ2) is 11.8. The van der Waals surface area contributed by atoms with E-state index in [9.17, 15) is 19.2 Å². The standard InChI is InChI=1S/C31H39N5O4/c1-21(2)19-25(32-29(38)22-9-11-24(12-10-22)34-17-15-33(3)16-18-34)31(40)35-14-13-26-28(35)27(37)20-36(26)30(39)23-7-5-4-6-8-23/h4-12,21,25-26,28H,13-20H2,1-3H3,(H,32,38). The molecule has 3 aliphatic heterocycles. The topological polar surface area (TPSA) is 93.3 Å². The smallest absolute Gasteiger partial charge is 0.254 e. The van der Waals surface area contributed by atoms with Crippen LogP contribution in [-0.4, -0.2) is 103 Å². The summed E-state index contributed by atoms with van der Waals surface area (Å²) in [5.41, 5.74) is 2.11. The fraction of sp³-hybridized carbons (Fsp3) is 0.484. The maximum atomic E-state index is 13.8. The molecule has 9 nitrogen and oxygen atoms in total. The molecular weight excluding hydrogens is 506 g/mol. The van der Waals surface area contributed by atoms with Gasteiger partial charge in [0.1, 0.15) is 12.1 Å². The maximum absolute atomic E-state index is 13.8. The van der Waals surface area contributed by atoms with Crippen LogP contribution in [0.25, 0.3) is 0 Å². The van der Waals surface area contributed by atoms with Gasteiger partial charge in [0.15, 0.2) is 5.78 Å². The van der Waals surface area contributed by atoms with Crippen molar-refractivity contribution in [3.63, 3.8) is 0 Å². The Kier molecular flexibility index (Phi) is 8.21. The van der Waals surface area contributed by atoms with Crippen LogP contribution in [0.2, 0.25) is 0 Å². The van der Waals surface area contributed by atoms with Gasteiger partial charge in [-0.15, -0.1) is 0 Å². The molecule has 3 amide bonds. The van der Waals surface area contributed by atoms with Crippen LogP contribution in [0.15, 0.2) is 54.6 Å². The number of carbonyl (C=O) groups is 4. The Hall–Kier alpha value is -3.72. The largest absolute Gasteiger partial charge is 0.369 e. The molecule has 0 aliphatic carbocycles.